The van der Waals surface area contributed by atoms with Crippen LogP contribution in [0.1, 0.15) is 10.4 Å². The molecule has 3 aromatic rings. The lowest BCUT2D eigenvalue weighted by molar-refractivity contribution is 0.401. The van der Waals surface area contributed by atoms with Crippen LogP contribution in [0.5, 0.6) is 5.75 Å². The Morgan fingerprint density at radius 1 is 1.04 bits per heavy atom. The van der Waals surface area contributed by atoms with Crippen molar-refractivity contribution in [3.63, 3.8) is 0 Å². The first-order chi connectivity index (χ1) is 13.6. The lowest BCUT2D eigenvalue weighted by Gasteiger charge is -2.33. The molecule has 2 aliphatic rings. The van der Waals surface area contributed by atoms with E-state index in [1.165, 1.54) is 16.8 Å². The standard InChI is InChI=1S/C25H21NOS/c1-26-15-14-18(16-20(26)17-19-9-3-5-11-22(19)26)8-2-6-13-24-25(27)21-10-4-7-12-23(21)28-24/h2-16,20H,17H2,1H3/p+1/b8-2+,13-6+. The largest absolute Gasteiger partial charge is 0.506 e. The molecular formula is C25H22NOS+. The molecule has 3 heterocycles. The van der Waals surface area contributed by atoms with Crippen LogP contribution in [0.15, 0.2) is 90.7 Å². The van der Waals surface area contributed by atoms with Gasteiger partial charge >= 0.3 is 0 Å². The number of quaternary nitrogens is 1. The second kappa shape index (κ2) is 6.62. The van der Waals surface area contributed by atoms with E-state index in [2.05, 4.69) is 61.8 Å². The fourth-order valence-electron chi connectivity index (χ4n) is 4.25. The number of hydrogen-bond donors (Lipinski definition) is 1. The maximum absolute atomic E-state index is 10.4. The number of aromatic hydroxyl groups is 1. The Morgan fingerprint density at radius 3 is 2.71 bits per heavy atom. The first-order valence-corrected chi connectivity index (χ1v) is 10.4. The highest BCUT2D eigenvalue weighted by molar-refractivity contribution is 7.20. The van der Waals surface area contributed by atoms with Gasteiger partial charge in [-0.25, -0.2) is 0 Å². The number of nitrogens with zero attached hydrogens (tertiary/aromatic N) is 1. The van der Waals surface area contributed by atoms with E-state index in [9.17, 15) is 5.11 Å². The molecule has 2 aliphatic heterocycles. The first kappa shape index (κ1) is 17.2. The fourth-order valence-corrected chi connectivity index (χ4v) is 5.27. The van der Waals surface area contributed by atoms with Crippen molar-refractivity contribution in [3.05, 3.63) is 101 Å². The maximum atomic E-state index is 10.4. The molecule has 0 radical (unpaired) electrons. The van der Waals surface area contributed by atoms with Gasteiger partial charge in [-0.05, 0) is 42.0 Å². The lowest BCUT2D eigenvalue weighted by atomic mass is 10.0. The van der Waals surface area contributed by atoms with E-state index in [-0.39, 0.29) is 0 Å². The van der Waals surface area contributed by atoms with E-state index in [1.54, 1.807) is 11.3 Å². The smallest absolute Gasteiger partial charge is 0.141 e. The number of hydrogen-bond acceptors (Lipinski definition) is 2. The van der Waals surface area contributed by atoms with E-state index < -0.39 is 0 Å². The van der Waals surface area contributed by atoms with Gasteiger partial charge in [0, 0.05) is 22.1 Å². The van der Waals surface area contributed by atoms with Crippen molar-refractivity contribution in [3.8, 4) is 5.75 Å². The van der Waals surface area contributed by atoms with Crippen molar-refractivity contribution in [2.24, 2.45) is 0 Å². The fraction of sp³-hybridized carbons (Fsp3) is 0.120. The SMILES string of the molecule is C[N+]12C=CC(/C=C/C=C/c3sc4ccccc4c3O)=CC1Cc1ccccc12. The van der Waals surface area contributed by atoms with Crippen LogP contribution in [-0.2, 0) is 6.42 Å². The van der Waals surface area contributed by atoms with Crippen molar-refractivity contribution >= 4 is 33.2 Å². The summed E-state index contributed by atoms with van der Waals surface area (Å²) < 4.78 is 1.97. The minimum absolute atomic E-state index is 0.374. The van der Waals surface area contributed by atoms with Gasteiger partial charge in [-0.2, -0.15) is 0 Å². The predicted octanol–water partition coefficient (Wildman–Crippen LogP) is 6.19. The Bertz CT molecular complexity index is 1180. The lowest BCUT2D eigenvalue weighted by Crippen LogP contribution is -2.46. The number of para-hydroxylation sites is 1. The molecule has 2 unspecified atom stereocenters. The zero-order chi connectivity index (χ0) is 19.1. The minimum atomic E-state index is 0.374. The van der Waals surface area contributed by atoms with Crippen LogP contribution < -0.4 is 4.48 Å². The predicted molar refractivity (Wildman–Crippen MR) is 121 cm³/mol. The molecule has 0 saturated carbocycles. The summed E-state index contributed by atoms with van der Waals surface area (Å²) in [5, 5.41) is 11.3. The molecule has 1 N–H and O–H groups in total. The van der Waals surface area contributed by atoms with Crippen molar-refractivity contribution in [1.29, 1.82) is 0 Å². The molecule has 1 aromatic heterocycles. The highest BCUT2D eigenvalue weighted by atomic mass is 32.1. The summed E-state index contributed by atoms with van der Waals surface area (Å²) in [7, 11) is 2.29. The molecule has 0 bridgehead atoms. The average Bonchev–Trinajstić information content (AvgIpc) is 3.19. The van der Waals surface area contributed by atoms with Crippen molar-refractivity contribution in [1.82, 2.24) is 4.48 Å². The van der Waals surface area contributed by atoms with Crippen LogP contribution in [0, 0.1) is 0 Å². The molecule has 3 heteroatoms. The van der Waals surface area contributed by atoms with Gasteiger partial charge in [0.05, 0.1) is 11.9 Å². The Balaban J connectivity index is 1.34. The molecule has 0 saturated heterocycles. The topological polar surface area (TPSA) is 20.2 Å². The van der Waals surface area contributed by atoms with Crippen LogP contribution in [0.2, 0.25) is 0 Å². The zero-order valence-corrected chi connectivity index (χ0v) is 16.6. The van der Waals surface area contributed by atoms with Crippen LogP contribution >= 0.6 is 11.3 Å². The molecule has 0 spiro atoms. The summed E-state index contributed by atoms with van der Waals surface area (Å²) >= 11 is 1.61. The third-order valence-corrected chi connectivity index (χ3v) is 6.96. The molecule has 0 fully saturated rings. The van der Waals surface area contributed by atoms with Crippen LogP contribution in [0.3, 0.4) is 0 Å². The molecule has 138 valence electrons. The average molecular weight is 385 g/mol. The van der Waals surface area contributed by atoms with E-state index in [1.807, 2.05) is 36.4 Å². The highest BCUT2D eigenvalue weighted by Crippen LogP contribution is 2.41. The summed E-state index contributed by atoms with van der Waals surface area (Å²) in [4.78, 5) is 0.898. The van der Waals surface area contributed by atoms with Gasteiger partial charge in [0.15, 0.2) is 0 Å². The third kappa shape index (κ3) is 2.75. The molecular weight excluding hydrogens is 362 g/mol. The Kier molecular flexibility index (Phi) is 4.08. The van der Waals surface area contributed by atoms with Gasteiger partial charge in [-0.15, -0.1) is 11.3 Å². The zero-order valence-electron chi connectivity index (χ0n) is 15.7. The maximum Gasteiger partial charge on any atom is 0.141 e. The number of allylic oxidation sites excluding steroid dienone is 5. The van der Waals surface area contributed by atoms with E-state index >= 15 is 0 Å². The minimum Gasteiger partial charge on any atom is -0.506 e. The van der Waals surface area contributed by atoms with Crippen molar-refractivity contribution in [2.45, 2.75) is 12.5 Å². The Hall–Kier alpha value is -2.88. The summed E-state index contributed by atoms with van der Waals surface area (Å²) in [5.74, 6) is 0.374. The number of likely N-dealkylation sites (N-methyl/N-ethyl adjacent to an activating group) is 1. The van der Waals surface area contributed by atoms with Crippen LogP contribution in [0.4, 0.5) is 5.69 Å². The summed E-state index contributed by atoms with van der Waals surface area (Å²) in [5.41, 5.74) is 4.09. The monoisotopic (exact) mass is 384 g/mol. The highest BCUT2D eigenvalue weighted by Gasteiger charge is 2.42. The van der Waals surface area contributed by atoms with E-state index in [4.69, 9.17) is 0 Å². The molecule has 0 amide bonds. The van der Waals surface area contributed by atoms with Crippen molar-refractivity contribution in [2.75, 3.05) is 7.05 Å². The Morgan fingerprint density at radius 2 is 1.82 bits per heavy atom. The summed E-state index contributed by atoms with van der Waals surface area (Å²) in [6.45, 7) is 0. The quantitative estimate of drug-likeness (QED) is 0.421. The molecule has 0 aliphatic carbocycles. The number of fused-ring (bicyclic) bond motifs is 4. The van der Waals surface area contributed by atoms with Crippen LogP contribution in [-0.4, -0.2) is 18.2 Å². The van der Waals surface area contributed by atoms with Crippen molar-refractivity contribution < 1.29 is 5.11 Å². The van der Waals surface area contributed by atoms with E-state index in [0.717, 1.165) is 25.9 Å². The normalized spacial score (nSPS) is 23.5. The van der Waals surface area contributed by atoms with Gasteiger partial charge in [0.1, 0.15) is 23.7 Å². The molecule has 28 heavy (non-hydrogen) atoms. The van der Waals surface area contributed by atoms with Gasteiger partial charge in [-0.3, -0.25) is 4.48 Å². The second-order valence-electron chi connectivity index (χ2n) is 7.56. The molecule has 2 atom stereocenters. The Labute approximate surface area is 169 Å². The molecule has 5 rings (SSSR count). The first-order valence-electron chi connectivity index (χ1n) is 9.56. The number of thiophene rings is 1. The number of benzene rings is 2. The van der Waals surface area contributed by atoms with Gasteiger partial charge in [-0.1, -0.05) is 48.6 Å². The molecule has 2 nitrogen and oxygen atoms in total. The molecule has 2 aromatic carbocycles. The van der Waals surface area contributed by atoms with Gasteiger partial charge in [0.25, 0.3) is 0 Å². The van der Waals surface area contributed by atoms with E-state index in [0.29, 0.717) is 11.8 Å². The van der Waals surface area contributed by atoms with Gasteiger partial charge in [0.2, 0.25) is 0 Å². The van der Waals surface area contributed by atoms with Crippen LogP contribution in [0.25, 0.3) is 16.2 Å². The summed E-state index contributed by atoms with van der Waals surface area (Å²) in [6, 6.07) is 17.2. The number of rotatable bonds is 3. The third-order valence-electron chi connectivity index (χ3n) is 5.83. The van der Waals surface area contributed by atoms with Gasteiger partial charge < -0.3 is 5.11 Å². The second-order valence-corrected chi connectivity index (χ2v) is 8.64. The summed E-state index contributed by atoms with van der Waals surface area (Å²) in [6.07, 6.45) is 16.2.